The van der Waals surface area contributed by atoms with Gasteiger partial charge in [-0.25, -0.2) is 13.4 Å². The number of hydrogen-bond donors (Lipinski definition) is 0. The van der Waals surface area contributed by atoms with Crippen LogP contribution in [0.1, 0.15) is 23.4 Å². The molecule has 6 nitrogen and oxygen atoms in total. The molecule has 1 aliphatic heterocycles. The molecule has 2 heterocycles. The van der Waals surface area contributed by atoms with Crippen molar-refractivity contribution >= 4 is 10.0 Å². The molecule has 1 aromatic heterocycles. The zero-order valence-corrected chi connectivity index (χ0v) is 18.8. The zero-order valence-electron chi connectivity index (χ0n) is 17.9. The minimum absolute atomic E-state index is 0.119. The summed E-state index contributed by atoms with van der Waals surface area (Å²) in [7, 11) is -4.27. The first-order valence-corrected chi connectivity index (χ1v) is 12.1. The van der Waals surface area contributed by atoms with Gasteiger partial charge in [-0.2, -0.15) is 17.5 Å². The number of imidazole rings is 1. The molecule has 1 aliphatic rings. The molecule has 0 bridgehead atoms. The molecule has 33 heavy (non-hydrogen) atoms. The van der Waals surface area contributed by atoms with Crippen molar-refractivity contribution in [2.75, 3.05) is 26.2 Å². The van der Waals surface area contributed by atoms with Crippen molar-refractivity contribution in [3.05, 3.63) is 83.9 Å². The van der Waals surface area contributed by atoms with E-state index in [1.807, 2.05) is 41.1 Å². The van der Waals surface area contributed by atoms with Gasteiger partial charge in [-0.1, -0.05) is 42.5 Å². The van der Waals surface area contributed by atoms with Crippen LogP contribution in [-0.4, -0.2) is 53.4 Å². The molecule has 1 fully saturated rings. The van der Waals surface area contributed by atoms with Gasteiger partial charge in [0.15, 0.2) is 0 Å². The molecule has 10 heteroatoms. The first-order valence-electron chi connectivity index (χ1n) is 10.7. The van der Waals surface area contributed by atoms with Crippen molar-refractivity contribution in [2.24, 2.45) is 0 Å². The first kappa shape index (κ1) is 23.5. The van der Waals surface area contributed by atoms with E-state index in [0.717, 1.165) is 27.8 Å². The lowest BCUT2D eigenvalue weighted by Crippen LogP contribution is -2.36. The van der Waals surface area contributed by atoms with Crippen LogP contribution in [0.15, 0.2) is 71.9 Å². The molecule has 0 aliphatic carbocycles. The van der Waals surface area contributed by atoms with Gasteiger partial charge in [0, 0.05) is 38.6 Å². The maximum absolute atomic E-state index is 13.4. The number of aromatic nitrogens is 2. The largest absolute Gasteiger partial charge is 0.417 e. The molecular formula is C23H25F3N4O2S. The van der Waals surface area contributed by atoms with Gasteiger partial charge in [0.05, 0.1) is 17.0 Å². The Bertz CT molecular complexity index is 1180. The summed E-state index contributed by atoms with van der Waals surface area (Å²) in [6.07, 6.45) is -0.573. The lowest BCUT2D eigenvalue weighted by Gasteiger charge is -2.23. The van der Waals surface area contributed by atoms with Crippen molar-refractivity contribution in [1.29, 1.82) is 0 Å². The van der Waals surface area contributed by atoms with Crippen molar-refractivity contribution in [1.82, 2.24) is 18.8 Å². The molecule has 0 unspecified atom stereocenters. The van der Waals surface area contributed by atoms with E-state index in [1.54, 1.807) is 6.20 Å². The third-order valence-electron chi connectivity index (χ3n) is 5.72. The Labute approximate surface area is 191 Å². The summed E-state index contributed by atoms with van der Waals surface area (Å²) < 4.78 is 69.5. The van der Waals surface area contributed by atoms with E-state index >= 15 is 0 Å². The second-order valence-electron chi connectivity index (χ2n) is 7.98. The molecule has 1 saturated heterocycles. The fourth-order valence-electron chi connectivity index (χ4n) is 4.03. The minimum Gasteiger partial charge on any atom is -0.329 e. The molecule has 0 radical (unpaired) electrons. The lowest BCUT2D eigenvalue weighted by atomic mass is 10.2. The fraction of sp³-hybridized carbons (Fsp3) is 0.348. The van der Waals surface area contributed by atoms with E-state index in [9.17, 15) is 21.6 Å². The molecule has 0 saturated carbocycles. The van der Waals surface area contributed by atoms with Crippen LogP contribution in [0.25, 0.3) is 0 Å². The number of halogens is 3. The summed E-state index contributed by atoms with van der Waals surface area (Å²) in [4.78, 5) is 5.86. The Balaban J connectivity index is 1.46. The molecule has 0 spiro atoms. The van der Waals surface area contributed by atoms with Gasteiger partial charge in [-0.15, -0.1) is 0 Å². The quantitative estimate of drug-likeness (QED) is 0.540. The van der Waals surface area contributed by atoms with Crippen LogP contribution in [-0.2, 0) is 29.3 Å². The highest BCUT2D eigenvalue weighted by Gasteiger charge is 2.39. The van der Waals surface area contributed by atoms with Gasteiger partial charge >= 0.3 is 6.18 Å². The molecule has 4 rings (SSSR count). The Hall–Kier alpha value is -2.69. The van der Waals surface area contributed by atoms with Gasteiger partial charge in [-0.3, -0.25) is 4.90 Å². The summed E-state index contributed by atoms with van der Waals surface area (Å²) >= 11 is 0. The van der Waals surface area contributed by atoms with Crippen molar-refractivity contribution in [3.63, 3.8) is 0 Å². The molecule has 0 amide bonds. The van der Waals surface area contributed by atoms with Crippen LogP contribution in [0.2, 0.25) is 0 Å². The number of hydrogen-bond acceptors (Lipinski definition) is 4. The van der Waals surface area contributed by atoms with Crippen LogP contribution < -0.4 is 0 Å². The Kier molecular flexibility index (Phi) is 6.87. The number of alkyl halides is 3. The Morgan fingerprint density at radius 1 is 0.879 bits per heavy atom. The van der Waals surface area contributed by atoms with Gasteiger partial charge in [-0.05, 0) is 30.7 Å². The fourth-order valence-corrected chi connectivity index (χ4v) is 5.71. The van der Waals surface area contributed by atoms with E-state index in [-0.39, 0.29) is 13.1 Å². The third kappa shape index (κ3) is 5.45. The van der Waals surface area contributed by atoms with Gasteiger partial charge < -0.3 is 4.57 Å². The smallest absolute Gasteiger partial charge is 0.329 e. The van der Waals surface area contributed by atoms with Crippen LogP contribution in [0.5, 0.6) is 0 Å². The van der Waals surface area contributed by atoms with Crippen molar-refractivity contribution < 1.29 is 21.6 Å². The first-order chi connectivity index (χ1) is 15.7. The number of nitrogens with zero attached hydrogens (tertiary/aromatic N) is 4. The standard InChI is InChI=1S/C23H25F3N4O2S/c24-23(25,26)20-9-4-5-10-21(20)33(31,32)30-13-6-12-28(15-16-30)18-22-27-11-14-29(22)17-19-7-2-1-3-8-19/h1-5,7-11,14H,6,12-13,15-18H2. The average molecular weight is 479 g/mol. The maximum atomic E-state index is 13.4. The summed E-state index contributed by atoms with van der Waals surface area (Å²) in [5.74, 6) is 0.859. The number of rotatable bonds is 6. The SMILES string of the molecule is O=S(=O)(c1ccccc1C(F)(F)F)N1CCCN(Cc2nccn2Cc2ccccc2)CC1. The van der Waals surface area contributed by atoms with Crippen LogP contribution in [0, 0.1) is 0 Å². The molecule has 3 aromatic rings. The van der Waals surface area contributed by atoms with E-state index in [2.05, 4.69) is 9.88 Å². The molecule has 0 N–H and O–H groups in total. The third-order valence-corrected chi connectivity index (χ3v) is 7.68. The summed E-state index contributed by atoms with van der Waals surface area (Å²) in [5.41, 5.74) is 0.0160. The number of sulfonamides is 1. The molecule has 2 aromatic carbocycles. The van der Waals surface area contributed by atoms with Gasteiger partial charge in [0.25, 0.3) is 0 Å². The van der Waals surface area contributed by atoms with E-state index < -0.39 is 26.7 Å². The topological polar surface area (TPSA) is 58.4 Å². The summed E-state index contributed by atoms with van der Waals surface area (Å²) in [5, 5.41) is 0. The Morgan fingerprint density at radius 3 is 2.36 bits per heavy atom. The minimum atomic E-state index is -4.74. The number of benzene rings is 2. The van der Waals surface area contributed by atoms with E-state index in [1.165, 1.54) is 12.1 Å². The van der Waals surface area contributed by atoms with Crippen LogP contribution in [0.4, 0.5) is 13.2 Å². The van der Waals surface area contributed by atoms with E-state index in [4.69, 9.17) is 0 Å². The summed E-state index contributed by atoms with van der Waals surface area (Å²) in [6.45, 7) is 2.54. The highest BCUT2D eigenvalue weighted by Crippen LogP contribution is 2.35. The molecule has 0 atom stereocenters. The monoisotopic (exact) mass is 478 g/mol. The predicted octanol–water partition coefficient (Wildman–Crippen LogP) is 3.85. The van der Waals surface area contributed by atoms with Crippen LogP contribution >= 0.6 is 0 Å². The predicted molar refractivity (Wildman–Crippen MR) is 118 cm³/mol. The maximum Gasteiger partial charge on any atom is 0.417 e. The highest BCUT2D eigenvalue weighted by atomic mass is 32.2. The highest BCUT2D eigenvalue weighted by molar-refractivity contribution is 7.89. The van der Waals surface area contributed by atoms with Gasteiger partial charge in [0.2, 0.25) is 10.0 Å². The summed E-state index contributed by atoms with van der Waals surface area (Å²) in [6, 6.07) is 14.4. The van der Waals surface area contributed by atoms with Crippen LogP contribution in [0.3, 0.4) is 0 Å². The normalized spacial score (nSPS) is 16.6. The van der Waals surface area contributed by atoms with E-state index in [0.29, 0.717) is 32.6 Å². The van der Waals surface area contributed by atoms with Gasteiger partial charge in [0.1, 0.15) is 5.82 Å². The average Bonchev–Trinajstić information content (AvgIpc) is 3.07. The Morgan fingerprint density at radius 2 is 1.61 bits per heavy atom. The molecular weight excluding hydrogens is 453 g/mol. The van der Waals surface area contributed by atoms with Crippen molar-refractivity contribution in [2.45, 2.75) is 30.6 Å². The van der Waals surface area contributed by atoms with Crippen molar-refractivity contribution in [3.8, 4) is 0 Å². The second kappa shape index (κ2) is 9.66. The second-order valence-corrected chi connectivity index (χ2v) is 9.89. The zero-order chi connectivity index (χ0) is 23.5. The lowest BCUT2D eigenvalue weighted by molar-refractivity contribution is -0.139. The molecule has 176 valence electrons.